The topological polar surface area (TPSA) is 70.1 Å². The van der Waals surface area contributed by atoms with Gasteiger partial charge in [0.2, 0.25) is 0 Å². The highest BCUT2D eigenvalue weighted by atomic mass is 16.2. The maximum atomic E-state index is 12.1. The predicted molar refractivity (Wildman–Crippen MR) is 67.2 cm³/mol. The monoisotopic (exact) mass is 231 g/mol. The Morgan fingerprint density at radius 2 is 2.29 bits per heavy atom. The van der Waals surface area contributed by atoms with Crippen LogP contribution in [0.2, 0.25) is 0 Å². The molecule has 90 valence electrons. The van der Waals surface area contributed by atoms with Crippen molar-refractivity contribution in [3.05, 3.63) is 29.8 Å². The highest BCUT2D eigenvalue weighted by Crippen LogP contribution is 2.11. The van der Waals surface area contributed by atoms with E-state index in [1.165, 1.54) is 0 Å². The SMILES string of the molecule is CCN(CC(C)C#N)C(=O)c1cccc(N)c1. The molecule has 0 aliphatic rings. The number of nitrogens with two attached hydrogens (primary N) is 1. The predicted octanol–water partition coefficient (Wildman–Crippen LogP) is 1.89. The summed E-state index contributed by atoms with van der Waals surface area (Å²) in [6, 6.07) is 9.01. The second kappa shape index (κ2) is 5.90. The molecule has 1 aromatic carbocycles. The van der Waals surface area contributed by atoms with Crippen molar-refractivity contribution < 1.29 is 4.79 Å². The molecule has 0 saturated carbocycles. The largest absolute Gasteiger partial charge is 0.399 e. The Kier molecular flexibility index (Phi) is 4.53. The molecule has 0 aliphatic carbocycles. The Balaban J connectivity index is 2.83. The number of rotatable bonds is 4. The molecule has 0 aromatic heterocycles. The molecular weight excluding hydrogens is 214 g/mol. The summed E-state index contributed by atoms with van der Waals surface area (Å²) in [6.07, 6.45) is 0. The summed E-state index contributed by atoms with van der Waals surface area (Å²) in [4.78, 5) is 13.8. The first-order chi connectivity index (χ1) is 8.08. The summed E-state index contributed by atoms with van der Waals surface area (Å²) in [6.45, 7) is 4.73. The Bertz CT molecular complexity index is 437. The molecule has 2 N–H and O–H groups in total. The van der Waals surface area contributed by atoms with E-state index in [9.17, 15) is 4.79 Å². The van der Waals surface area contributed by atoms with E-state index in [0.29, 0.717) is 24.3 Å². The van der Waals surface area contributed by atoms with Gasteiger partial charge in [-0.3, -0.25) is 4.79 Å². The van der Waals surface area contributed by atoms with Gasteiger partial charge in [0.25, 0.3) is 5.91 Å². The molecule has 1 rings (SSSR count). The molecule has 0 fully saturated rings. The van der Waals surface area contributed by atoms with Crippen molar-refractivity contribution in [2.75, 3.05) is 18.8 Å². The van der Waals surface area contributed by atoms with Crippen LogP contribution in [0.3, 0.4) is 0 Å². The lowest BCUT2D eigenvalue weighted by Gasteiger charge is -2.22. The molecule has 0 bridgehead atoms. The van der Waals surface area contributed by atoms with Crippen molar-refractivity contribution in [2.24, 2.45) is 5.92 Å². The van der Waals surface area contributed by atoms with Crippen molar-refractivity contribution in [3.63, 3.8) is 0 Å². The summed E-state index contributed by atoms with van der Waals surface area (Å²) in [5.41, 5.74) is 6.78. The Hall–Kier alpha value is -2.02. The molecule has 0 radical (unpaired) electrons. The van der Waals surface area contributed by atoms with Gasteiger partial charge >= 0.3 is 0 Å². The lowest BCUT2D eigenvalue weighted by molar-refractivity contribution is 0.0753. The molecule has 1 aromatic rings. The van der Waals surface area contributed by atoms with Gasteiger partial charge in [-0.05, 0) is 32.0 Å². The minimum absolute atomic E-state index is 0.0816. The van der Waals surface area contributed by atoms with Crippen LogP contribution in [0.1, 0.15) is 24.2 Å². The fourth-order valence-corrected chi connectivity index (χ4v) is 1.58. The van der Waals surface area contributed by atoms with E-state index in [4.69, 9.17) is 11.0 Å². The van der Waals surface area contributed by atoms with Gasteiger partial charge in [-0.25, -0.2) is 0 Å². The van der Waals surface area contributed by atoms with Crippen molar-refractivity contribution in [3.8, 4) is 6.07 Å². The van der Waals surface area contributed by atoms with Crippen LogP contribution >= 0.6 is 0 Å². The van der Waals surface area contributed by atoms with E-state index >= 15 is 0 Å². The first-order valence-electron chi connectivity index (χ1n) is 5.63. The zero-order chi connectivity index (χ0) is 12.8. The van der Waals surface area contributed by atoms with Crippen LogP contribution in [0.5, 0.6) is 0 Å². The van der Waals surface area contributed by atoms with Crippen LogP contribution in [-0.2, 0) is 0 Å². The summed E-state index contributed by atoms with van der Waals surface area (Å²) in [5, 5.41) is 8.77. The second-order valence-corrected chi connectivity index (χ2v) is 4.00. The van der Waals surface area contributed by atoms with Crippen LogP contribution in [0, 0.1) is 17.2 Å². The summed E-state index contributed by atoms with van der Waals surface area (Å²) in [5.74, 6) is -0.248. The smallest absolute Gasteiger partial charge is 0.253 e. The first-order valence-corrected chi connectivity index (χ1v) is 5.63. The molecule has 0 aliphatic heterocycles. The number of hydrogen-bond donors (Lipinski definition) is 1. The minimum atomic E-state index is -0.167. The van der Waals surface area contributed by atoms with Gasteiger partial charge in [-0.1, -0.05) is 6.07 Å². The summed E-state index contributed by atoms with van der Waals surface area (Å²) >= 11 is 0. The van der Waals surface area contributed by atoms with Crippen LogP contribution in [0.25, 0.3) is 0 Å². The van der Waals surface area contributed by atoms with E-state index < -0.39 is 0 Å². The van der Waals surface area contributed by atoms with Crippen LogP contribution in [-0.4, -0.2) is 23.9 Å². The highest BCUT2D eigenvalue weighted by molar-refractivity contribution is 5.95. The summed E-state index contributed by atoms with van der Waals surface area (Å²) in [7, 11) is 0. The second-order valence-electron chi connectivity index (χ2n) is 4.00. The van der Waals surface area contributed by atoms with E-state index in [1.54, 1.807) is 36.1 Å². The van der Waals surface area contributed by atoms with Crippen LogP contribution in [0.15, 0.2) is 24.3 Å². The van der Waals surface area contributed by atoms with E-state index in [2.05, 4.69) is 6.07 Å². The van der Waals surface area contributed by atoms with E-state index in [0.717, 1.165) is 0 Å². The summed E-state index contributed by atoms with van der Waals surface area (Å²) < 4.78 is 0. The van der Waals surface area contributed by atoms with Gasteiger partial charge < -0.3 is 10.6 Å². The van der Waals surface area contributed by atoms with Gasteiger partial charge in [-0.2, -0.15) is 5.26 Å². The first kappa shape index (κ1) is 13.0. The quantitative estimate of drug-likeness (QED) is 0.804. The number of nitriles is 1. The molecule has 1 amide bonds. The standard InChI is InChI=1S/C13H17N3O/c1-3-16(9-10(2)8-14)13(17)11-5-4-6-12(15)7-11/h4-7,10H,3,9,15H2,1-2H3. The number of nitrogens with zero attached hydrogens (tertiary/aromatic N) is 2. The number of amides is 1. The highest BCUT2D eigenvalue weighted by Gasteiger charge is 2.16. The zero-order valence-corrected chi connectivity index (χ0v) is 10.2. The number of hydrogen-bond acceptors (Lipinski definition) is 3. The molecule has 17 heavy (non-hydrogen) atoms. The van der Waals surface area contributed by atoms with E-state index in [-0.39, 0.29) is 11.8 Å². The van der Waals surface area contributed by atoms with Gasteiger partial charge in [-0.15, -0.1) is 0 Å². The van der Waals surface area contributed by atoms with Gasteiger partial charge in [0.1, 0.15) is 0 Å². The van der Waals surface area contributed by atoms with Crippen molar-refractivity contribution in [1.82, 2.24) is 4.90 Å². The average Bonchev–Trinajstić information content (AvgIpc) is 2.34. The number of benzene rings is 1. The maximum Gasteiger partial charge on any atom is 0.253 e. The third-order valence-corrected chi connectivity index (χ3v) is 2.52. The number of nitrogen functional groups attached to an aromatic ring is 1. The Morgan fingerprint density at radius 3 is 2.82 bits per heavy atom. The molecule has 4 nitrogen and oxygen atoms in total. The van der Waals surface area contributed by atoms with Crippen LogP contribution in [0.4, 0.5) is 5.69 Å². The third kappa shape index (κ3) is 3.49. The van der Waals surface area contributed by atoms with E-state index in [1.807, 2.05) is 6.92 Å². The number of carbonyl (C=O) groups is 1. The fraction of sp³-hybridized carbons (Fsp3) is 0.385. The lowest BCUT2D eigenvalue weighted by atomic mass is 10.1. The molecular formula is C13H17N3O. The molecule has 1 unspecified atom stereocenters. The van der Waals surface area contributed by atoms with Crippen molar-refractivity contribution in [1.29, 1.82) is 5.26 Å². The fourth-order valence-electron chi connectivity index (χ4n) is 1.58. The van der Waals surface area contributed by atoms with Crippen LogP contribution < -0.4 is 5.73 Å². The van der Waals surface area contributed by atoms with Crippen molar-refractivity contribution in [2.45, 2.75) is 13.8 Å². The molecule has 0 heterocycles. The maximum absolute atomic E-state index is 12.1. The number of anilines is 1. The lowest BCUT2D eigenvalue weighted by Crippen LogP contribution is -2.34. The minimum Gasteiger partial charge on any atom is -0.399 e. The normalized spacial score (nSPS) is 11.6. The zero-order valence-electron chi connectivity index (χ0n) is 10.2. The Morgan fingerprint density at radius 1 is 1.59 bits per heavy atom. The molecule has 0 spiro atoms. The Labute approximate surface area is 102 Å². The van der Waals surface area contributed by atoms with Gasteiger partial charge in [0, 0.05) is 24.3 Å². The van der Waals surface area contributed by atoms with Gasteiger partial charge in [0.15, 0.2) is 0 Å². The third-order valence-electron chi connectivity index (χ3n) is 2.52. The molecule has 1 atom stereocenters. The number of carbonyl (C=O) groups excluding carboxylic acids is 1. The van der Waals surface area contributed by atoms with Crippen molar-refractivity contribution >= 4 is 11.6 Å². The average molecular weight is 231 g/mol. The molecule has 0 saturated heterocycles. The molecule has 4 heteroatoms. The van der Waals surface area contributed by atoms with Gasteiger partial charge in [0.05, 0.1) is 12.0 Å².